The van der Waals surface area contributed by atoms with Crippen molar-refractivity contribution in [1.82, 2.24) is 9.55 Å². The minimum Gasteiger partial charge on any atom is -0.311 e. The van der Waals surface area contributed by atoms with Gasteiger partial charge < -0.3 is 4.57 Å². The van der Waals surface area contributed by atoms with Crippen LogP contribution in [0, 0.1) is 11.3 Å². The van der Waals surface area contributed by atoms with E-state index in [2.05, 4.69) is 4.98 Å². The molecule has 2 aromatic rings. The maximum Gasteiger partial charge on any atom is 0.269 e. The van der Waals surface area contributed by atoms with Crippen LogP contribution in [0.4, 0.5) is 0 Å². The number of hydrogen-bond donors (Lipinski definition) is 0. The van der Waals surface area contributed by atoms with Crippen LogP contribution >= 0.6 is 0 Å². The molecule has 18 heavy (non-hydrogen) atoms. The number of nitrogens with zero attached hydrogens (tertiary/aromatic N) is 3. The van der Waals surface area contributed by atoms with E-state index in [-0.39, 0.29) is 17.2 Å². The molecule has 1 fully saturated rings. The topological polar surface area (TPSA) is 58.7 Å². The van der Waals surface area contributed by atoms with Gasteiger partial charge in [0.25, 0.3) is 5.56 Å². The molecule has 0 radical (unpaired) electrons. The van der Waals surface area contributed by atoms with Crippen molar-refractivity contribution in [1.29, 1.82) is 5.26 Å². The monoisotopic (exact) mass is 237 g/mol. The molecule has 0 N–H and O–H groups in total. The molecule has 1 aliphatic rings. The highest BCUT2D eigenvalue weighted by molar-refractivity contribution is 5.68. The third-order valence-electron chi connectivity index (χ3n) is 3.14. The third kappa shape index (κ3) is 1.70. The smallest absolute Gasteiger partial charge is 0.269 e. The van der Waals surface area contributed by atoms with Crippen LogP contribution in [-0.2, 0) is 0 Å². The summed E-state index contributed by atoms with van der Waals surface area (Å²) in [7, 11) is 0. The summed E-state index contributed by atoms with van der Waals surface area (Å²) >= 11 is 0. The molecule has 4 heteroatoms. The summed E-state index contributed by atoms with van der Waals surface area (Å²) in [5, 5.41) is 9.20. The summed E-state index contributed by atoms with van der Waals surface area (Å²) in [5.41, 5.74) is 1.47. The van der Waals surface area contributed by atoms with Gasteiger partial charge in [-0.15, -0.1) is 0 Å². The van der Waals surface area contributed by atoms with E-state index >= 15 is 0 Å². The maximum absolute atomic E-state index is 12.2. The van der Waals surface area contributed by atoms with Crippen molar-refractivity contribution in [2.45, 2.75) is 18.9 Å². The number of aromatic nitrogens is 2. The highest BCUT2D eigenvalue weighted by Gasteiger charge is 2.26. The van der Waals surface area contributed by atoms with Crippen molar-refractivity contribution < 1.29 is 0 Å². The summed E-state index contributed by atoms with van der Waals surface area (Å²) in [4.78, 5) is 16.2. The summed E-state index contributed by atoms with van der Waals surface area (Å²) in [6, 6.07) is 7.78. The first-order valence-corrected chi connectivity index (χ1v) is 5.87. The molecule has 0 saturated heterocycles. The first-order valence-electron chi connectivity index (χ1n) is 5.87. The second kappa shape index (κ2) is 4.11. The van der Waals surface area contributed by atoms with Gasteiger partial charge in [0, 0.05) is 35.8 Å². The lowest BCUT2D eigenvalue weighted by Gasteiger charge is -2.07. The lowest BCUT2D eigenvalue weighted by molar-refractivity contribution is 0.705. The molecule has 2 heterocycles. The van der Waals surface area contributed by atoms with Gasteiger partial charge in [0.2, 0.25) is 0 Å². The molecule has 0 unspecified atom stereocenters. The molecule has 0 aliphatic heterocycles. The fraction of sp³-hybridized carbons (Fsp3) is 0.214. The van der Waals surface area contributed by atoms with E-state index in [1.165, 1.54) is 0 Å². The van der Waals surface area contributed by atoms with Crippen LogP contribution in [0.5, 0.6) is 0 Å². The number of pyridine rings is 2. The van der Waals surface area contributed by atoms with E-state index < -0.39 is 0 Å². The van der Waals surface area contributed by atoms with Crippen molar-refractivity contribution in [3.63, 3.8) is 0 Å². The van der Waals surface area contributed by atoms with Crippen LogP contribution in [0.1, 0.15) is 24.4 Å². The fourth-order valence-electron chi connectivity index (χ4n) is 2.06. The minimum absolute atomic E-state index is 0.193. The van der Waals surface area contributed by atoms with Crippen molar-refractivity contribution in [3.8, 4) is 17.2 Å². The van der Waals surface area contributed by atoms with Crippen molar-refractivity contribution in [3.05, 3.63) is 52.7 Å². The Balaban J connectivity index is 2.20. The van der Waals surface area contributed by atoms with Gasteiger partial charge in [-0.3, -0.25) is 9.78 Å². The van der Waals surface area contributed by atoms with Gasteiger partial charge in [0.1, 0.15) is 11.6 Å². The molecular weight excluding hydrogens is 226 g/mol. The Morgan fingerprint density at radius 1 is 1.39 bits per heavy atom. The van der Waals surface area contributed by atoms with E-state index in [0.717, 1.165) is 18.4 Å². The molecule has 88 valence electrons. The Hall–Kier alpha value is -2.41. The SMILES string of the molecule is N#Cc1c(-c2cccnc2)ccn(C2CC2)c1=O. The van der Waals surface area contributed by atoms with E-state index in [9.17, 15) is 10.1 Å². The largest absolute Gasteiger partial charge is 0.311 e. The summed E-state index contributed by atoms with van der Waals surface area (Å²) in [5.74, 6) is 0. The molecule has 4 nitrogen and oxygen atoms in total. The number of rotatable bonds is 2. The lowest BCUT2D eigenvalue weighted by atomic mass is 10.0. The minimum atomic E-state index is -0.193. The average molecular weight is 237 g/mol. The van der Waals surface area contributed by atoms with Crippen LogP contribution < -0.4 is 5.56 Å². The van der Waals surface area contributed by atoms with Crippen molar-refractivity contribution in [2.75, 3.05) is 0 Å². The summed E-state index contributed by atoms with van der Waals surface area (Å²) in [6.07, 6.45) is 7.16. The Labute approximate surface area is 104 Å². The van der Waals surface area contributed by atoms with Crippen LogP contribution in [0.3, 0.4) is 0 Å². The Morgan fingerprint density at radius 3 is 2.83 bits per heavy atom. The van der Waals surface area contributed by atoms with E-state index in [1.54, 1.807) is 29.2 Å². The highest BCUT2D eigenvalue weighted by atomic mass is 16.1. The number of hydrogen-bond acceptors (Lipinski definition) is 3. The Bertz CT molecular complexity index is 678. The molecule has 0 spiro atoms. The molecule has 2 aromatic heterocycles. The summed E-state index contributed by atoms with van der Waals surface area (Å²) < 4.78 is 1.67. The predicted molar refractivity (Wildman–Crippen MR) is 66.9 cm³/mol. The van der Waals surface area contributed by atoms with Crippen LogP contribution in [0.25, 0.3) is 11.1 Å². The van der Waals surface area contributed by atoms with E-state index in [4.69, 9.17) is 0 Å². The standard InChI is InChI=1S/C14H11N3O/c15-8-13-12(10-2-1-6-16-9-10)5-7-17(14(13)18)11-3-4-11/h1-2,5-7,9,11H,3-4H2. The van der Waals surface area contributed by atoms with Crippen molar-refractivity contribution in [2.24, 2.45) is 0 Å². The lowest BCUT2D eigenvalue weighted by Crippen LogP contribution is -2.21. The quantitative estimate of drug-likeness (QED) is 0.803. The third-order valence-corrected chi connectivity index (χ3v) is 3.14. The molecule has 0 amide bonds. The molecule has 0 atom stereocenters. The first-order chi connectivity index (χ1) is 8.81. The Kier molecular flexibility index (Phi) is 2.45. The first kappa shape index (κ1) is 10.7. The maximum atomic E-state index is 12.2. The van der Waals surface area contributed by atoms with Gasteiger partial charge in [-0.2, -0.15) is 5.26 Å². The summed E-state index contributed by atoms with van der Waals surface area (Å²) in [6.45, 7) is 0. The molecule has 0 aromatic carbocycles. The van der Waals surface area contributed by atoms with Gasteiger partial charge in [-0.1, -0.05) is 6.07 Å². The molecule has 0 bridgehead atoms. The zero-order valence-electron chi connectivity index (χ0n) is 9.71. The van der Waals surface area contributed by atoms with Crippen molar-refractivity contribution >= 4 is 0 Å². The molecule has 1 saturated carbocycles. The average Bonchev–Trinajstić information content (AvgIpc) is 3.23. The molecule has 1 aliphatic carbocycles. The van der Waals surface area contributed by atoms with Gasteiger partial charge in [0.05, 0.1) is 0 Å². The Morgan fingerprint density at radius 2 is 2.22 bits per heavy atom. The zero-order valence-corrected chi connectivity index (χ0v) is 9.71. The van der Waals surface area contributed by atoms with Crippen LogP contribution in [0.15, 0.2) is 41.6 Å². The van der Waals surface area contributed by atoms with E-state index in [0.29, 0.717) is 5.56 Å². The second-order valence-electron chi connectivity index (χ2n) is 4.40. The van der Waals surface area contributed by atoms with Gasteiger partial charge in [-0.05, 0) is 25.0 Å². The fourth-order valence-corrected chi connectivity index (χ4v) is 2.06. The highest BCUT2D eigenvalue weighted by Crippen LogP contribution is 2.34. The normalized spacial score (nSPS) is 14.2. The number of nitriles is 1. The van der Waals surface area contributed by atoms with E-state index in [1.807, 2.05) is 18.2 Å². The second-order valence-corrected chi connectivity index (χ2v) is 4.40. The van der Waals surface area contributed by atoms with Gasteiger partial charge >= 0.3 is 0 Å². The van der Waals surface area contributed by atoms with Gasteiger partial charge in [0.15, 0.2) is 0 Å². The molecule has 3 rings (SSSR count). The predicted octanol–water partition coefficient (Wildman–Crippen LogP) is 2.12. The molecular formula is C14H11N3O. The van der Waals surface area contributed by atoms with Gasteiger partial charge in [-0.25, -0.2) is 0 Å². The zero-order chi connectivity index (χ0) is 12.5. The van der Waals surface area contributed by atoms with Crippen LogP contribution in [0.2, 0.25) is 0 Å². The van der Waals surface area contributed by atoms with Crippen LogP contribution in [-0.4, -0.2) is 9.55 Å².